The molecule has 0 saturated carbocycles. The van der Waals surface area contributed by atoms with Crippen LogP contribution in [0.3, 0.4) is 0 Å². The van der Waals surface area contributed by atoms with Gasteiger partial charge >= 0.3 is 0 Å². The highest BCUT2D eigenvalue weighted by atomic mass is 35.5. The number of hydrogen-bond donors (Lipinski definition) is 2. The van der Waals surface area contributed by atoms with Crippen molar-refractivity contribution in [1.29, 1.82) is 0 Å². The predicted octanol–water partition coefficient (Wildman–Crippen LogP) is 3.83. The number of nitrogens with two attached hydrogens (primary N) is 1. The van der Waals surface area contributed by atoms with E-state index in [1.54, 1.807) is 42.5 Å². The highest BCUT2D eigenvalue weighted by Gasteiger charge is 2.10. The fourth-order valence-electron chi connectivity index (χ4n) is 1.49. The van der Waals surface area contributed by atoms with Crippen molar-refractivity contribution in [3.8, 4) is 0 Å². The van der Waals surface area contributed by atoms with Crippen LogP contribution in [0.4, 0.5) is 11.4 Å². The third-order valence-corrected chi connectivity index (χ3v) is 2.92. The monoisotopic (exact) mass is 280 g/mol. The van der Waals surface area contributed by atoms with Gasteiger partial charge in [-0.05, 0) is 30.3 Å². The number of amides is 1. The maximum Gasteiger partial charge on any atom is 0.255 e. The lowest BCUT2D eigenvalue weighted by molar-refractivity contribution is 0.102. The lowest BCUT2D eigenvalue weighted by Crippen LogP contribution is -2.13. The maximum atomic E-state index is 12.0. The number of carbonyl (C=O) groups is 1. The Morgan fingerprint density at radius 2 is 1.83 bits per heavy atom. The Hall–Kier alpha value is -1.71. The summed E-state index contributed by atoms with van der Waals surface area (Å²) >= 11 is 11.8. The second kappa shape index (κ2) is 5.29. The van der Waals surface area contributed by atoms with E-state index in [4.69, 9.17) is 28.9 Å². The Bertz CT molecular complexity index is 579. The quantitative estimate of drug-likeness (QED) is 0.822. The van der Waals surface area contributed by atoms with Crippen LogP contribution in [0.2, 0.25) is 10.0 Å². The molecule has 0 bridgehead atoms. The minimum absolute atomic E-state index is 0.308. The summed E-state index contributed by atoms with van der Waals surface area (Å²) in [4.78, 5) is 12.0. The SMILES string of the molecule is Nc1cccc(Cl)c1NC(=O)c1cccc(Cl)c1. The van der Waals surface area contributed by atoms with Crippen molar-refractivity contribution in [2.75, 3.05) is 11.1 Å². The van der Waals surface area contributed by atoms with Crippen molar-refractivity contribution in [2.24, 2.45) is 0 Å². The zero-order chi connectivity index (χ0) is 13.1. The normalized spacial score (nSPS) is 10.1. The van der Waals surface area contributed by atoms with Crippen molar-refractivity contribution in [3.63, 3.8) is 0 Å². The van der Waals surface area contributed by atoms with Gasteiger partial charge in [-0.1, -0.05) is 35.3 Å². The molecule has 0 aliphatic rings. The topological polar surface area (TPSA) is 55.1 Å². The largest absolute Gasteiger partial charge is 0.397 e. The number of halogens is 2. The number of carbonyl (C=O) groups excluding carboxylic acids is 1. The molecule has 2 rings (SSSR count). The van der Waals surface area contributed by atoms with Crippen LogP contribution in [0, 0.1) is 0 Å². The third-order valence-electron chi connectivity index (χ3n) is 2.37. The standard InChI is InChI=1S/C13H10Cl2N2O/c14-9-4-1-3-8(7-9)13(18)17-12-10(15)5-2-6-11(12)16/h1-7H,16H2,(H,17,18). The fraction of sp³-hybridized carbons (Fsp3) is 0. The van der Waals surface area contributed by atoms with Gasteiger partial charge in [0.25, 0.3) is 5.91 Å². The summed E-state index contributed by atoms with van der Waals surface area (Å²) in [5.74, 6) is -0.308. The molecule has 0 spiro atoms. The van der Waals surface area contributed by atoms with E-state index >= 15 is 0 Å². The minimum Gasteiger partial charge on any atom is -0.397 e. The molecule has 0 fully saturated rings. The smallest absolute Gasteiger partial charge is 0.255 e. The van der Waals surface area contributed by atoms with Gasteiger partial charge in [0.1, 0.15) is 0 Å². The van der Waals surface area contributed by atoms with E-state index in [0.29, 0.717) is 27.0 Å². The summed E-state index contributed by atoms with van der Waals surface area (Å²) in [7, 11) is 0. The average molecular weight is 281 g/mol. The number of nitrogens with one attached hydrogen (secondary N) is 1. The average Bonchev–Trinajstić information content (AvgIpc) is 2.34. The number of hydrogen-bond acceptors (Lipinski definition) is 2. The molecule has 0 radical (unpaired) electrons. The van der Waals surface area contributed by atoms with Crippen LogP contribution in [-0.2, 0) is 0 Å². The first-order chi connectivity index (χ1) is 8.58. The van der Waals surface area contributed by atoms with Gasteiger partial charge < -0.3 is 11.1 Å². The molecular formula is C13H10Cl2N2O. The number of nitrogen functional groups attached to an aromatic ring is 1. The van der Waals surface area contributed by atoms with Crippen LogP contribution in [0.1, 0.15) is 10.4 Å². The highest BCUT2D eigenvalue weighted by molar-refractivity contribution is 6.35. The molecule has 0 aromatic heterocycles. The van der Waals surface area contributed by atoms with Crippen molar-refractivity contribution in [2.45, 2.75) is 0 Å². The van der Waals surface area contributed by atoms with E-state index in [-0.39, 0.29) is 5.91 Å². The van der Waals surface area contributed by atoms with Crippen molar-refractivity contribution < 1.29 is 4.79 Å². The molecule has 2 aromatic carbocycles. The van der Waals surface area contributed by atoms with Gasteiger partial charge in [0.2, 0.25) is 0 Å². The Morgan fingerprint density at radius 1 is 1.11 bits per heavy atom. The zero-order valence-corrected chi connectivity index (χ0v) is 10.8. The highest BCUT2D eigenvalue weighted by Crippen LogP contribution is 2.28. The van der Waals surface area contributed by atoms with E-state index in [9.17, 15) is 4.79 Å². The molecule has 18 heavy (non-hydrogen) atoms. The lowest BCUT2D eigenvalue weighted by Gasteiger charge is -2.10. The Balaban J connectivity index is 2.27. The lowest BCUT2D eigenvalue weighted by atomic mass is 10.2. The molecule has 1 amide bonds. The van der Waals surface area contributed by atoms with E-state index in [2.05, 4.69) is 5.32 Å². The predicted molar refractivity (Wildman–Crippen MR) is 75.3 cm³/mol. The number of para-hydroxylation sites is 1. The van der Waals surface area contributed by atoms with Gasteiger partial charge in [-0.25, -0.2) is 0 Å². The molecule has 92 valence electrons. The molecule has 3 N–H and O–H groups in total. The summed E-state index contributed by atoms with van der Waals surface area (Å²) < 4.78 is 0. The number of benzene rings is 2. The van der Waals surface area contributed by atoms with E-state index < -0.39 is 0 Å². The van der Waals surface area contributed by atoms with E-state index in [1.807, 2.05) is 0 Å². The Morgan fingerprint density at radius 3 is 2.50 bits per heavy atom. The summed E-state index contributed by atoms with van der Waals surface area (Å²) in [6.07, 6.45) is 0. The van der Waals surface area contributed by atoms with Crippen LogP contribution >= 0.6 is 23.2 Å². The zero-order valence-electron chi connectivity index (χ0n) is 9.28. The van der Waals surface area contributed by atoms with Crippen LogP contribution in [0.15, 0.2) is 42.5 Å². The molecule has 5 heteroatoms. The number of anilines is 2. The second-order valence-corrected chi connectivity index (χ2v) is 4.51. The molecule has 0 saturated heterocycles. The fourth-order valence-corrected chi connectivity index (χ4v) is 1.91. The molecule has 2 aromatic rings. The van der Waals surface area contributed by atoms with Crippen LogP contribution < -0.4 is 11.1 Å². The van der Waals surface area contributed by atoms with Gasteiger partial charge in [-0.2, -0.15) is 0 Å². The van der Waals surface area contributed by atoms with Gasteiger partial charge in [0, 0.05) is 10.6 Å². The van der Waals surface area contributed by atoms with Crippen molar-refractivity contribution in [1.82, 2.24) is 0 Å². The first-order valence-electron chi connectivity index (χ1n) is 5.19. The van der Waals surface area contributed by atoms with E-state index in [1.165, 1.54) is 0 Å². The first kappa shape index (κ1) is 12.7. The van der Waals surface area contributed by atoms with Gasteiger partial charge in [0.15, 0.2) is 0 Å². The molecule has 3 nitrogen and oxygen atoms in total. The minimum atomic E-state index is -0.308. The summed E-state index contributed by atoms with van der Waals surface area (Å²) in [6.45, 7) is 0. The summed E-state index contributed by atoms with van der Waals surface area (Å²) in [6, 6.07) is 11.7. The van der Waals surface area contributed by atoms with Gasteiger partial charge in [0.05, 0.1) is 16.4 Å². The van der Waals surface area contributed by atoms with Crippen LogP contribution in [0.25, 0.3) is 0 Å². The second-order valence-electron chi connectivity index (χ2n) is 3.67. The summed E-state index contributed by atoms with van der Waals surface area (Å²) in [5.41, 5.74) is 7.02. The van der Waals surface area contributed by atoms with E-state index in [0.717, 1.165) is 0 Å². The Labute approximate surface area is 115 Å². The van der Waals surface area contributed by atoms with Crippen LogP contribution in [-0.4, -0.2) is 5.91 Å². The maximum absolute atomic E-state index is 12.0. The van der Waals surface area contributed by atoms with Crippen molar-refractivity contribution >= 4 is 40.5 Å². The first-order valence-corrected chi connectivity index (χ1v) is 5.94. The van der Waals surface area contributed by atoms with Gasteiger partial charge in [-0.3, -0.25) is 4.79 Å². The summed E-state index contributed by atoms with van der Waals surface area (Å²) in [5, 5.41) is 3.56. The van der Waals surface area contributed by atoms with Gasteiger partial charge in [-0.15, -0.1) is 0 Å². The van der Waals surface area contributed by atoms with Crippen molar-refractivity contribution in [3.05, 3.63) is 58.1 Å². The molecular weight excluding hydrogens is 271 g/mol. The van der Waals surface area contributed by atoms with Crippen LogP contribution in [0.5, 0.6) is 0 Å². The third kappa shape index (κ3) is 2.75. The molecule has 0 aliphatic heterocycles. The molecule has 0 heterocycles. The Kier molecular flexibility index (Phi) is 3.75. The number of rotatable bonds is 2. The molecule has 0 atom stereocenters. The molecule has 0 unspecified atom stereocenters. The molecule has 0 aliphatic carbocycles.